The Balaban J connectivity index is 0.000000185. The molecule has 4 aromatic carbocycles. The molecule has 8 aliphatic carbocycles. The van der Waals surface area contributed by atoms with Crippen molar-refractivity contribution < 1.29 is 33.4 Å². The summed E-state index contributed by atoms with van der Waals surface area (Å²) in [5.41, 5.74) is 11.8. The molecule has 0 radical (unpaired) electrons. The van der Waals surface area contributed by atoms with E-state index in [1.54, 1.807) is 82.6 Å². The van der Waals surface area contributed by atoms with E-state index in [1.807, 2.05) is 53.8 Å². The fraction of sp³-hybridized carbons (Fsp3) is 0.467. The normalized spacial score (nSPS) is 32.4. The van der Waals surface area contributed by atoms with E-state index in [2.05, 4.69) is 60.7 Å². The van der Waals surface area contributed by atoms with E-state index < -0.39 is 10.1 Å². The fourth-order valence-corrected chi connectivity index (χ4v) is 17.9. The van der Waals surface area contributed by atoms with Gasteiger partial charge in [0, 0.05) is 20.4 Å². The Labute approximate surface area is 326 Å². The summed E-state index contributed by atoms with van der Waals surface area (Å²) in [6.45, 7) is 0. The number of nitrogens with two attached hydrogens (primary N) is 1. The van der Waals surface area contributed by atoms with Crippen molar-refractivity contribution >= 4 is 29.0 Å². The molecule has 52 heavy (non-hydrogen) atoms. The Morgan fingerprint density at radius 2 is 1.02 bits per heavy atom. The molecule has 4 nitrogen and oxygen atoms in total. The monoisotopic (exact) mass is 824 g/mol. The van der Waals surface area contributed by atoms with Crippen LogP contribution in [0, 0.1) is 41.6 Å². The third-order valence-electron chi connectivity index (χ3n) is 13.2. The second-order valence-corrected chi connectivity index (χ2v) is 21.6. The van der Waals surface area contributed by atoms with E-state index in [9.17, 15) is 8.42 Å². The molecule has 4 aromatic rings. The average molecular weight is 825 g/mol. The molecule has 0 spiro atoms. The summed E-state index contributed by atoms with van der Waals surface area (Å²) in [5, 5.41) is 3.13. The van der Waals surface area contributed by atoms with Crippen LogP contribution < -0.4 is 11.0 Å². The molecule has 8 fully saturated rings. The van der Waals surface area contributed by atoms with Gasteiger partial charge in [0.25, 0.3) is 10.1 Å². The number of rotatable bonds is 5. The van der Waals surface area contributed by atoms with Gasteiger partial charge in [-0.15, -0.1) is 35.9 Å². The molecule has 8 saturated carbocycles. The third-order valence-corrected chi connectivity index (χ3v) is 17.0. The van der Waals surface area contributed by atoms with E-state index in [-0.39, 0.29) is 28.3 Å². The van der Waals surface area contributed by atoms with Crippen LogP contribution in [0.1, 0.15) is 77.0 Å². The van der Waals surface area contributed by atoms with E-state index in [0.717, 1.165) is 52.3 Å². The summed E-state index contributed by atoms with van der Waals surface area (Å²) in [6.07, 6.45) is 19.6. The Hall–Kier alpha value is -2.32. The van der Waals surface area contributed by atoms with Crippen molar-refractivity contribution in [1.29, 1.82) is 0 Å². The van der Waals surface area contributed by atoms with Gasteiger partial charge in [0.2, 0.25) is 0 Å². The fourth-order valence-electron chi connectivity index (χ4n) is 12.5. The van der Waals surface area contributed by atoms with Gasteiger partial charge in [-0.25, -0.2) is 0 Å². The molecule has 3 N–H and O–H groups in total. The van der Waals surface area contributed by atoms with Crippen LogP contribution in [0.3, 0.4) is 0 Å². The van der Waals surface area contributed by atoms with Gasteiger partial charge in [0.05, 0.1) is 6.26 Å². The number of benzene rings is 4. The van der Waals surface area contributed by atoms with Gasteiger partial charge in [-0.3, -0.25) is 4.55 Å². The first-order valence-corrected chi connectivity index (χ1v) is 22.4. The second kappa shape index (κ2) is 15.4. The van der Waals surface area contributed by atoms with E-state index in [1.165, 1.54) is 5.56 Å². The maximum absolute atomic E-state index is 9.19. The zero-order valence-electron chi connectivity index (χ0n) is 30.3. The Kier molecular flexibility index (Phi) is 11.3. The largest absolute Gasteiger partial charge is 0.406 e. The minimum Gasteiger partial charge on any atom is -0.406 e. The molecule has 8 bridgehead atoms. The standard InChI is InChI=1S/C32H39P.C12H10N.CH4O3S.Pd/c1-2-6-28(7-3-1)29-8-4-5-9-30(29)33(31-16-22-10-23(17-31)12-24(11-22)18-31)32-19-25-13-26(20-32)15-27(14-25)21-32;13-12-9-5-4-8-11(12)10-6-2-1-3-7-10;1-5(2,3)4;/h1-9,22-27H,10-21H2;1-6,8-9H,13H2;1H3,(H,2,3,4);/q;-1;;. The van der Waals surface area contributed by atoms with Crippen LogP contribution in [0.15, 0.2) is 103 Å². The van der Waals surface area contributed by atoms with E-state index in [4.69, 9.17) is 10.3 Å². The van der Waals surface area contributed by atoms with Crippen LogP contribution in [0.5, 0.6) is 0 Å². The third kappa shape index (κ3) is 8.04. The summed E-state index contributed by atoms with van der Waals surface area (Å²) >= 11 is 0. The minimum atomic E-state index is -3.67. The molecule has 0 aromatic heterocycles. The predicted molar refractivity (Wildman–Crippen MR) is 213 cm³/mol. The second-order valence-electron chi connectivity index (χ2n) is 17.1. The Morgan fingerprint density at radius 3 is 1.46 bits per heavy atom. The van der Waals surface area contributed by atoms with Crippen molar-refractivity contribution in [3.05, 3.63) is 109 Å². The number of para-hydroxylation sites is 1. The molecule has 278 valence electrons. The molecule has 0 amide bonds. The summed E-state index contributed by atoms with van der Waals surface area (Å²) < 4.78 is 25.9. The molecule has 0 unspecified atom stereocenters. The quantitative estimate of drug-likeness (QED) is 0.0691. The Bertz CT molecular complexity index is 1810. The van der Waals surface area contributed by atoms with Gasteiger partial charge in [0.1, 0.15) is 0 Å². The molecular weight excluding hydrogens is 772 g/mol. The molecule has 0 atom stereocenters. The summed E-state index contributed by atoms with van der Waals surface area (Å²) in [5.74, 6) is 6.33. The molecule has 8 aliphatic rings. The van der Waals surface area contributed by atoms with Crippen molar-refractivity contribution in [1.82, 2.24) is 0 Å². The summed E-state index contributed by atoms with van der Waals surface area (Å²) in [7, 11) is -3.82. The van der Waals surface area contributed by atoms with Gasteiger partial charge in [-0.2, -0.15) is 8.42 Å². The zero-order valence-corrected chi connectivity index (χ0v) is 33.5. The number of anilines is 1. The molecule has 0 aliphatic heterocycles. The average Bonchev–Trinajstić information content (AvgIpc) is 3.08. The van der Waals surface area contributed by atoms with Gasteiger partial charge in [-0.05, 0) is 151 Å². The first kappa shape index (κ1) is 38.0. The Morgan fingerprint density at radius 1 is 0.615 bits per heavy atom. The van der Waals surface area contributed by atoms with Crippen molar-refractivity contribution in [3.63, 3.8) is 0 Å². The van der Waals surface area contributed by atoms with E-state index in [0.29, 0.717) is 16.6 Å². The topological polar surface area (TPSA) is 80.4 Å². The summed E-state index contributed by atoms with van der Waals surface area (Å²) in [4.78, 5) is 0. The van der Waals surface area contributed by atoms with Gasteiger partial charge in [-0.1, -0.05) is 86.3 Å². The SMILES string of the molecule is CS(=O)(=O)O.Nc1ccccc1-c1[c-]cccc1.[Pd].c1ccc(-c2ccccc2P(C23CC4CC(CC(C4)C2)C3)C23CC4CC(CC(C4)C2)C3)cc1. The number of hydrogen-bond donors (Lipinski definition) is 2. The van der Waals surface area contributed by atoms with Crippen molar-refractivity contribution in [2.45, 2.75) is 87.4 Å². The first-order chi connectivity index (χ1) is 24.6. The van der Waals surface area contributed by atoms with Crippen LogP contribution in [0.2, 0.25) is 0 Å². The van der Waals surface area contributed by atoms with Crippen LogP contribution in [0.4, 0.5) is 5.69 Å². The van der Waals surface area contributed by atoms with Crippen LogP contribution in [0.25, 0.3) is 22.3 Å². The summed E-state index contributed by atoms with van der Waals surface area (Å²) in [6, 6.07) is 40.1. The van der Waals surface area contributed by atoms with Gasteiger partial charge in [0.15, 0.2) is 0 Å². The van der Waals surface area contributed by atoms with Gasteiger partial charge < -0.3 is 5.73 Å². The molecule has 7 heteroatoms. The first-order valence-electron chi connectivity index (χ1n) is 19.2. The predicted octanol–water partition coefficient (Wildman–Crippen LogP) is 10.6. The van der Waals surface area contributed by atoms with Gasteiger partial charge >= 0.3 is 0 Å². The maximum atomic E-state index is 9.19. The molecular formula is C45H53NO3PPdS-. The van der Waals surface area contributed by atoms with Crippen LogP contribution in [-0.2, 0) is 30.5 Å². The van der Waals surface area contributed by atoms with Crippen LogP contribution in [-0.4, -0.2) is 29.5 Å². The van der Waals surface area contributed by atoms with Crippen molar-refractivity contribution in [2.75, 3.05) is 12.0 Å². The zero-order chi connectivity index (χ0) is 35.2. The number of hydrogen-bond acceptors (Lipinski definition) is 3. The minimum absolute atomic E-state index is 0. The van der Waals surface area contributed by atoms with Crippen LogP contribution >= 0.6 is 7.92 Å². The molecule has 0 saturated heterocycles. The maximum Gasteiger partial charge on any atom is 0.261 e. The van der Waals surface area contributed by atoms with E-state index >= 15 is 0 Å². The number of nitrogen functional groups attached to an aromatic ring is 1. The smallest absolute Gasteiger partial charge is 0.261 e. The molecule has 0 heterocycles. The molecule has 12 rings (SSSR count). The van der Waals surface area contributed by atoms with Crippen molar-refractivity contribution in [3.8, 4) is 22.3 Å². The van der Waals surface area contributed by atoms with Crippen molar-refractivity contribution in [2.24, 2.45) is 35.5 Å².